The minimum Gasteiger partial charge on any atom is -0.314 e. The molecule has 0 aliphatic carbocycles. The summed E-state index contributed by atoms with van der Waals surface area (Å²) in [5.41, 5.74) is 0. The van der Waals surface area contributed by atoms with Gasteiger partial charge in [-0.3, -0.25) is 0 Å². The zero-order valence-electron chi connectivity index (χ0n) is 10.3. The molecule has 0 aromatic carbocycles. The first kappa shape index (κ1) is 13.1. The van der Waals surface area contributed by atoms with E-state index in [0.717, 1.165) is 26.1 Å². The van der Waals surface area contributed by atoms with Gasteiger partial charge in [0.1, 0.15) is 0 Å². The number of halogens is 3. The number of alkyl halides is 3. The number of nitrogens with one attached hydrogen (secondary N) is 1. The zero-order valence-corrected chi connectivity index (χ0v) is 10.3. The summed E-state index contributed by atoms with van der Waals surface area (Å²) in [5, 5.41) is 3.35. The lowest BCUT2D eigenvalue weighted by Crippen LogP contribution is -2.44. The smallest absolute Gasteiger partial charge is 0.314 e. The fourth-order valence-electron chi connectivity index (χ4n) is 2.98. The summed E-state index contributed by atoms with van der Waals surface area (Å²) in [5.74, 6) is -0.595. The van der Waals surface area contributed by atoms with Crippen molar-refractivity contribution in [3.8, 4) is 0 Å². The van der Waals surface area contributed by atoms with Crippen molar-refractivity contribution in [3.63, 3.8) is 0 Å². The first-order valence-electron chi connectivity index (χ1n) is 6.49. The van der Waals surface area contributed by atoms with E-state index >= 15 is 0 Å². The number of nitrogens with zero attached hydrogens (tertiary/aromatic N) is 1. The van der Waals surface area contributed by atoms with E-state index in [2.05, 4.69) is 12.2 Å². The van der Waals surface area contributed by atoms with Crippen LogP contribution in [0.15, 0.2) is 0 Å². The van der Waals surface area contributed by atoms with Crippen LogP contribution in [0.2, 0.25) is 0 Å². The molecule has 2 nitrogen and oxygen atoms in total. The molecule has 0 aromatic heterocycles. The standard InChI is InChI=1S/C12H21F3N2/c1-9-10(4-5-16-9)7-17-6-2-3-11(8-17)12(13,14)15/h9-11,16H,2-8H2,1H3. The van der Waals surface area contributed by atoms with Gasteiger partial charge in [0.15, 0.2) is 0 Å². The van der Waals surface area contributed by atoms with Crippen molar-refractivity contribution >= 4 is 0 Å². The van der Waals surface area contributed by atoms with Crippen molar-refractivity contribution in [2.45, 2.75) is 38.4 Å². The summed E-state index contributed by atoms with van der Waals surface area (Å²) >= 11 is 0. The van der Waals surface area contributed by atoms with Crippen LogP contribution in [0.1, 0.15) is 26.2 Å². The topological polar surface area (TPSA) is 15.3 Å². The van der Waals surface area contributed by atoms with Crippen molar-refractivity contribution in [2.75, 3.05) is 26.2 Å². The van der Waals surface area contributed by atoms with Gasteiger partial charge in [0.25, 0.3) is 0 Å². The van der Waals surface area contributed by atoms with Crippen LogP contribution in [0.5, 0.6) is 0 Å². The molecule has 0 amide bonds. The summed E-state index contributed by atoms with van der Waals surface area (Å²) in [4.78, 5) is 2.01. The van der Waals surface area contributed by atoms with Gasteiger partial charge in [-0.1, -0.05) is 0 Å². The second kappa shape index (κ2) is 5.14. The number of piperidine rings is 1. The maximum absolute atomic E-state index is 12.7. The molecule has 3 atom stereocenters. The molecule has 2 rings (SSSR count). The van der Waals surface area contributed by atoms with Crippen LogP contribution >= 0.6 is 0 Å². The van der Waals surface area contributed by atoms with Crippen LogP contribution in [0, 0.1) is 11.8 Å². The number of rotatable bonds is 2. The molecular formula is C12H21F3N2. The minimum absolute atomic E-state index is 0.201. The van der Waals surface area contributed by atoms with Gasteiger partial charge in [0, 0.05) is 19.1 Å². The zero-order chi connectivity index (χ0) is 12.5. The summed E-state index contributed by atoms with van der Waals surface area (Å²) in [7, 11) is 0. The molecule has 0 radical (unpaired) electrons. The highest BCUT2D eigenvalue weighted by atomic mass is 19.4. The highest BCUT2D eigenvalue weighted by Crippen LogP contribution is 2.33. The van der Waals surface area contributed by atoms with Crippen LogP contribution < -0.4 is 5.32 Å². The van der Waals surface area contributed by atoms with E-state index in [-0.39, 0.29) is 6.54 Å². The molecule has 0 spiro atoms. The maximum atomic E-state index is 12.7. The Morgan fingerprint density at radius 2 is 2.06 bits per heavy atom. The molecule has 0 saturated carbocycles. The molecule has 2 heterocycles. The van der Waals surface area contributed by atoms with Crippen LogP contribution in [0.4, 0.5) is 13.2 Å². The molecule has 3 unspecified atom stereocenters. The predicted octanol–water partition coefficient (Wildman–Crippen LogP) is 2.26. The minimum atomic E-state index is -4.02. The third-order valence-corrected chi connectivity index (χ3v) is 4.15. The second-order valence-electron chi connectivity index (χ2n) is 5.43. The van der Waals surface area contributed by atoms with E-state index in [1.165, 1.54) is 0 Å². The third-order valence-electron chi connectivity index (χ3n) is 4.15. The number of likely N-dealkylation sites (tertiary alicyclic amines) is 1. The Labute approximate surface area is 101 Å². The van der Waals surface area contributed by atoms with Crippen molar-refractivity contribution in [1.82, 2.24) is 10.2 Å². The molecular weight excluding hydrogens is 229 g/mol. The van der Waals surface area contributed by atoms with E-state index < -0.39 is 12.1 Å². The monoisotopic (exact) mass is 250 g/mol. The van der Waals surface area contributed by atoms with Gasteiger partial charge >= 0.3 is 6.18 Å². The normalized spacial score (nSPS) is 36.4. The van der Waals surface area contributed by atoms with E-state index in [1.807, 2.05) is 4.90 Å². The van der Waals surface area contributed by atoms with Gasteiger partial charge in [-0.25, -0.2) is 0 Å². The molecule has 2 saturated heterocycles. The Hall–Kier alpha value is -0.290. The Bertz CT molecular complexity index is 253. The molecule has 2 fully saturated rings. The lowest BCUT2D eigenvalue weighted by Gasteiger charge is -2.35. The quantitative estimate of drug-likeness (QED) is 0.808. The van der Waals surface area contributed by atoms with Crippen molar-refractivity contribution in [2.24, 2.45) is 11.8 Å². The third kappa shape index (κ3) is 3.35. The van der Waals surface area contributed by atoms with Gasteiger partial charge in [-0.15, -0.1) is 0 Å². The van der Waals surface area contributed by atoms with Gasteiger partial charge in [0.05, 0.1) is 5.92 Å². The Balaban J connectivity index is 1.85. The average Bonchev–Trinajstić information content (AvgIpc) is 2.64. The van der Waals surface area contributed by atoms with Crippen LogP contribution in [0.25, 0.3) is 0 Å². The van der Waals surface area contributed by atoms with Gasteiger partial charge < -0.3 is 10.2 Å². The van der Waals surface area contributed by atoms with E-state index in [9.17, 15) is 13.2 Å². The molecule has 2 aliphatic heterocycles. The molecule has 100 valence electrons. The first-order chi connectivity index (χ1) is 7.97. The lowest BCUT2D eigenvalue weighted by molar-refractivity contribution is -0.187. The summed E-state index contributed by atoms with van der Waals surface area (Å²) in [6.45, 7) is 4.98. The molecule has 5 heteroatoms. The Morgan fingerprint density at radius 1 is 1.29 bits per heavy atom. The average molecular weight is 250 g/mol. The molecule has 0 aromatic rings. The van der Waals surface area contributed by atoms with Gasteiger partial charge in [0.2, 0.25) is 0 Å². The summed E-state index contributed by atoms with van der Waals surface area (Å²) in [6.07, 6.45) is -1.94. The van der Waals surface area contributed by atoms with Crippen LogP contribution in [-0.4, -0.2) is 43.3 Å². The highest BCUT2D eigenvalue weighted by molar-refractivity contribution is 4.85. The van der Waals surface area contributed by atoms with Crippen LogP contribution in [0.3, 0.4) is 0 Å². The SMILES string of the molecule is CC1NCCC1CN1CCCC(C(F)(F)F)C1. The number of hydrogen-bond donors (Lipinski definition) is 1. The predicted molar refractivity (Wildman–Crippen MR) is 60.8 cm³/mol. The van der Waals surface area contributed by atoms with Crippen molar-refractivity contribution < 1.29 is 13.2 Å². The fraction of sp³-hybridized carbons (Fsp3) is 1.00. The highest BCUT2D eigenvalue weighted by Gasteiger charge is 2.42. The van der Waals surface area contributed by atoms with E-state index in [4.69, 9.17) is 0 Å². The molecule has 2 aliphatic rings. The number of hydrogen-bond acceptors (Lipinski definition) is 2. The molecule has 1 N–H and O–H groups in total. The van der Waals surface area contributed by atoms with Gasteiger partial charge in [-0.05, 0) is 45.2 Å². The molecule has 0 bridgehead atoms. The van der Waals surface area contributed by atoms with E-state index in [1.54, 1.807) is 0 Å². The largest absolute Gasteiger partial charge is 0.393 e. The summed E-state index contributed by atoms with van der Waals surface area (Å²) in [6, 6.07) is 0.446. The summed E-state index contributed by atoms with van der Waals surface area (Å²) < 4.78 is 38.0. The maximum Gasteiger partial charge on any atom is 0.393 e. The van der Waals surface area contributed by atoms with Crippen LogP contribution in [-0.2, 0) is 0 Å². The fourth-order valence-corrected chi connectivity index (χ4v) is 2.98. The van der Waals surface area contributed by atoms with Crippen molar-refractivity contribution in [3.05, 3.63) is 0 Å². The second-order valence-corrected chi connectivity index (χ2v) is 5.43. The van der Waals surface area contributed by atoms with Gasteiger partial charge in [-0.2, -0.15) is 13.2 Å². The molecule has 17 heavy (non-hydrogen) atoms. The van der Waals surface area contributed by atoms with E-state index in [0.29, 0.717) is 24.8 Å². The first-order valence-corrected chi connectivity index (χ1v) is 6.49. The Morgan fingerprint density at radius 3 is 2.65 bits per heavy atom. The lowest BCUT2D eigenvalue weighted by atomic mass is 9.95. The Kier molecular flexibility index (Phi) is 3.98. The van der Waals surface area contributed by atoms with Crippen molar-refractivity contribution in [1.29, 1.82) is 0 Å².